The van der Waals surface area contributed by atoms with Gasteiger partial charge in [0.2, 0.25) is 0 Å². The van der Waals surface area contributed by atoms with Crippen molar-refractivity contribution in [1.82, 2.24) is 57.1 Å². The molecule has 0 spiro atoms. The van der Waals surface area contributed by atoms with E-state index in [2.05, 4.69) is 389 Å². The van der Waals surface area contributed by atoms with Crippen molar-refractivity contribution in [3.05, 3.63) is 334 Å². The Labute approximate surface area is 643 Å². The van der Waals surface area contributed by atoms with Gasteiger partial charge in [0.05, 0.1) is 61.5 Å². The Morgan fingerprint density at radius 3 is 1.32 bits per heavy atom. The monoisotopic (exact) mass is 1440 g/mol. The smallest absolute Gasteiger partial charge is 0.109 e. The van der Waals surface area contributed by atoms with Crippen LogP contribution in [-0.4, -0.2) is 57.1 Å². The average Bonchev–Trinajstić information content (AvgIpc) is 1.60. The van der Waals surface area contributed by atoms with E-state index in [1.54, 1.807) is 0 Å². The van der Waals surface area contributed by atoms with Gasteiger partial charge in [-0.1, -0.05) is 214 Å². The minimum atomic E-state index is 1.07. The van der Waals surface area contributed by atoms with Crippen LogP contribution in [0.5, 0.6) is 0 Å². The van der Waals surface area contributed by atoms with Gasteiger partial charge in [0.25, 0.3) is 0 Å². The van der Waals surface area contributed by atoms with Gasteiger partial charge in [-0.15, -0.1) is 0 Å². The summed E-state index contributed by atoms with van der Waals surface area (Å²) in [6.07, 6.45) is 12.8. The number of aryl methyl sites for hydroxylation is 9. The standard InChI is InChI=1S/2C17H13N.C16H18N2.C13H12N2.3C12H10N2/c1-18-16-9-5-4-8-14(16)15-10-12-6-2-3-7-13(12)11-17(15)18;1-18-16-9-5-4-8-14(16)15-11-10-12-6-2-3-7-13(12)17(15)18;1-3-4-9-16-17-14-10-12-7-5-6-8-13(12)11-15(14)18(16)2;1-9-12-7-10-5-3-4-6-11(10)8-13(12)15(2)14-9;1-14-10-6-3-2-5-9(10)12-11(14)7-4-8-13-12;1-14-11-5-3-2-4-9(11)10-8-13-7-6-12(10)14;1-14-11-5-3-2-4-9(11)10-6-7-13-8-12(10)14/h2*2-11H,1H3;5-8,10-11H,3-4,9H2,1-2H3;3-8H,1-2H3;3*2-8H,1H3. The highest BCUT2D eigenvalue weighted by Crippen LogP contribution is 2.36. The molecular weight excluding hydrogens is 1360 g/mol. The van der Waals surface area contributed by atoms with Crippen LogP contribution in [-0.2, 0) is 55.8 Å². The Hall–Kier alpha value is -13.7. The molecule has 111 heavy (non-hydrogen) atoms. The molecular formula is C99H86N12. The predicted octanol–water partition coefficient (Wildman–Crippen LogP) is 24.3. The third kappa shape index (κ3) is 13.1. The molecule has 0 aliphatic rings. The van der Waals surface area contributed by atoms with E-state index < -0.39 is 0 Å². The van der Waals surface area contributed by atoms with E-state index in [9.17, 15) is 0 Å². The summed E-state index contributed by atoms with van der Waals surface area (Å²) in [5.74, 6) is 1.20. The number of unbranched alkanes of at least 4 members (excludes halogenated alkanes) is 1. The molecule has 12 nitrogen and oxygen atoms in total. The zero-order chi connectivity index (χ0) is 75.8. The predicted molar refractivity (Wildman–Crippen MR) is 470 cm³/mol. The van der Waals surface area contributed by atoms with Gasteiger partial charge in [-0.3, -0.25) is 19.6 Å². The van der Waals surface area contributed by atoms with Gasteiger partial charge < -0.3 is 27.4 Å². The van der Waals surface area contributed by atoms with Gasteiger partial charge in [-0.25, -0.2) is 4.98 Å². The highest BCUT2D eigenvalue weighted by atomic mass is 15.3. The Morgan fingerprint density at radius 1 is 0.279 bits per heavy atom. The molecule has 23 rings (SSSR count). The molecule has 0 N–H and O–H groups in total. The fourth-order valence-corrected chi connectivity index (χ4v) is 16.4. The molecule has 23 aromatic rings. The molecule has 0 radical (unpaired) electrons. The van der Waals surface area contributed by atoms with Crippen LogP contribution < -0.4 is 0 Å². The Balaban J connectivity index is 0.0000000944. The van der Waals surface area contributed by atoms with Crippen molar-refractivity contribution in [2.45, 2.75) is 33.1 Å². The molecule has 0 aliphatic heterocycles. The van der Waals surface area contributed by atoms with Crippen molar-refractivity contribution < 1.29 is 0 Å². The number of imidazole rings is 1. The lowest BCUT2D eigenvalue weighted by atomic mass is 10.1. The van der Waals surface area contributed by atoms with Crippen LogP contribution in [0.2, 0.25) is 0 Å². The van der Waals surface area contributed by atoms with Crippen LogP contribution in [0.1, 0.15) is 31.3 Å². The van der Waals surface area contributed by atoms with Gasteiger partial charge in [-0.05, 0) is 142 Å². The van der Waals surface area contributed by atoms with Crippen molar-refractivity contribution in [3.8, 4) is 0 Å². The third-order valence-corrected chi connectivity index (χ3v) is 22.2. The largest absolute Gasteiger partial charge is 0.344 e. The molecule has 0 atom stereocenters. The molecule has 13 aromatic carbocycles. The first-order valence-corrected chi connectivity index (χ1v) is 38.1. The number of aromatic nitrogens is 12. The van der Waals surface area contributed by atoms with E-state index in [-0.39, 0.29) is 0 Å². The van der Waals surface area contributed by atoms with Crippen molar-refractivity contribution in [1.29, 1.82) is 0 Å². The minimum absolute atomic E-state index is 1.07. The summed E-state index contributed by atoms with van der Waals surface area (Å²) in [5.41, 5.74) is 18.3. The highest BCUT2D eigenvalue weighted by molar-refractivity contribution is 6.18. The second-order valence-electron chi connectivity index (χ2n) is 28.7. The van der Waals surface area contributed by atoms with E-state index in [1.165, 1.54) is 182 Å². The summed E-state index contributed by atoms with van der Waals surface area (Å²) in [7, 11) is 14.6. The van der Waals surface area contributed by atoms with Crippen molar-refractivity contribution in [3.63, 3.8) is 0 Å². The topological polar surface area (TPSA) is 99.0 Å². The molecule has 10 aromatic heterocycles. The van der Waals surface area contributed by atoms with Crippen molar-refractivity contribution in [2.24, 2.45) is 49.3 Å². The van der Waals surface area contributed by atoms with Gasteiger partial charge in [0.15, 0.2) is 0 Å². The number of nitrogens with zero attached hydrogens (tertiary/aromatic N) is 12. The fraction of sp³-hybridized carbons (Fsp3) is 0.121. The summed E-state index contributed by atoms with van der Waals surface area (Å²) in [6, 6.07) is 102. The summed E-state index contributed by atoms with van der Waals surface area (Å²) < 4.78 is 15.3. The molecule has 0 saturated heterocycles. The normalized spacial score (nSPS) is 11.4. The SMILES string of the molecule is CCCCc1nc2cc3ccccc3cc2n1C.Cc1nn(C)c2cc3ccccc3cc12.Cn1c2ccccc2c2cc3ccccc3cc21.Cn1c2ccccc2c2ccc3ccccc3c21.Cn1c2ccccc2c2ccncc21.Cn1c2ccccc2c2cnccc21.Cn1c2ccccc2c2ncccc21. The van der Waals surface area contributed by atoms with Crippen molar-refractivity contribution in [2.75, 3.05) is 0 Å². The number of hydrogen-bond donors (Lipinski definition) is 0. The van der Waals surface area contributed by atoms with Crippen LogP contribution >= 0.6 is 0 Å². The van der Waals surface area contributed by atoms with Crippen LogP contribution in [0.25, 0.3) is 174 Å². The quantitative estimate of drug-likeness (QED) is 0.175. The summed E-state index contributed by atoms with van der Waals surface area (Å²) in [5, 5.41) is 27.7. The maximum Gasteiger partial charge on any atom is 0.109 e. The van der Waals surface area contributed by atoms with Gasteiger partial charge in [-0.2, -0.15) is 5.10 Å². The van der Waals surface area contributed by atoms with E-state index >= 15 is 0 Å². The molecule has 0 saturated carbocycles. The number of rotatable bonds is 3. The van der Waals surface area contributed by atoms with E-state index in [0.717, 1.165) is 23.1 Å². The molecule has 0 unspecified atom stereocenters. The fourth-order valence-electron chi connectivity index (χ4n) is 16.4. The molecule has 0 fully saturated rings. The first-order valence-electron chi connectivity index (χ1n) is 38.1. The van der Waals surface area contributed by atoms with Gasteiger partial charge in [0, 0.05) is 167 Å². The first-order chi connectivity index (χ1) is 54.4. The van der Waals surface area contributed by atoms with E-state index in [1.807, 2.05) is 48.8 Å². The molecule has 542 valence electrons. The summed E-state index contributed by atoms with van der Waals surface area (Å²) in [4.78, 5) is 17.5. The minimum Gasteiger partial charge on any atom is -0.344 e. The second-order valence-corrected chi connectivity index (χ2v) is 28.7. The highest BCUT2D eigenvalue weighted by Gasteiger charge is 2.15. The first kappa shape index (κ1) is 70.3. The van der Waals surface area contributed by atoms with E-state index in [0.29, 0.717) is 0 Å². The third-order valence-electron chi connectivity index (χ3n) is 22.2. The lowest BCUT2D eigenvalue weighted by molar-refractivity contribution is 0.720. The number of benzene rings is 13. The lowest BCUT2D eigenvalue weighted by Gasteiger charge is -2.02. The molecule has 10 heterocycles. The number of fused-ring (bicyclic) bond motifs is 22. The number of pyridine rings is 3. The molecule has 0 bridgehead atoms. The van der Waals surface area contributed by atoms with Crippen LogP contribution in [0.4, 0.5) is 0 Å². The molecule has 0 aliphatic carbocycles. The zero-order valence-electron chi connectivity index (χ0n) is 64.1. The Morgan fingerprint density at radius 2 is 0.703 bits per heavy atom. The maximum atomic E-state index is 4.76. The van der Waals surface area contributed by atoms with Crippen LogP contribution in [0, 0.1) is 6.92 Å². The zero-order valence-corrected chi connectivity index (χ0v) is 64.1. The van der Waals surface area contributed by atoms with Crippen LogP contribution in [0.3, 0.4) is 0 Å². The van der Waals surface area contributed by atoms with Gasteiger partial charge >= 0.3 is 0 Å². The number of para-hydroxylation sites is 5. The molecule has 0 amide bonds. The lowest BCUT2D eigenvalue weighted by Crippen LogP contribution is -1.97. The van der Waals surface area contributed by atoms with Crippen molar-refractivity contribution >= 4 is 174 Å². The Bertz CT molecular complexity index is 6900. The maximum absolute atomic E-state index is 4.76. The van der Waals surface area contributed by atoms with E-state index in [4.69, 9.17) is 4.98 Å². The Kier molecular flexibility index (Phi) is 19.1. The number of hydrogen-bond acceptors (Lipinski definition) is 5. The summed E-state index contributed by atoms with van der Waals surface area (Å²) >= 11 is 0. The van der Waals surface area contributed by atoms with Gasteiger partial charge in [0.1, 0.15) is 5.82 Å². The van der Waals surface area contributed by atoms with Crippen LogP contribution in [0.15, 0.2) is 322 Å². The average molecular weight is 1440 g/mol. The molecule has 12 heteroatoms. The second kappa shape index (κ2) is 30.2. The summed E-state index contributed by atoms with van der Waals surface area (Å²) in [6.45, 7) is 4.27.